The van der Waals surface area contributed by atoms with Gasteiger partial charge in [-0.2, -0.15) is 4.99 Å². The number of carbonyl (C=O) groups excluding carboxylic acids is 2. The molecule has 0 saturated heterocycles. The first-order chi connectivity index (χ1) is 12.9. The molecule has 2 heterocycles. The molecule has 0 atom stereocenters. The highest BCUT2D eigenvalue weighted by molar-refractivity contribution is 7.16. The van der Waals surface area contributed by atoms with E-state index in [2.05, 4.69) is 4.99 Å². The number of furan rings is 1. The van der Waals surface area contributed by atoms with Gasteiger partial charge in [-0.15, -0.1) is 0 Å². The van der Waals surface area contributed by atoms with Gasteiger partial charge in [-0.3, -0.25) is 19.7 Å². The predicted molar refractivity (Wildman–Crippen MR) is 96.5 cm³/mol. The molecule has 140 valence electrons. The second-order valence-electron chi connectivity index (χ2n) is 5.51. The van der Waals surface area contributed by atoms with E-state index in [4.69, 9.17) is 9.15 Å². The third-order valence-electron chi connectivity index (χ3n) is 3.85. The number of hydrogen-bond donors (Lipinski definition) is 0. The first-order valence-electron chi connectivity index (χ1n) is 7.95. The number of nitro groups is 1. The Bertz CT molecular complexity index is 1110. The van der Waals surface area contributed by atoms with E-state index < -0.39 is 22.7 Å². The molecule has 1 aromatic carbocycles. The van der Waals surface area contributed by atoms with Gasteiger partial charge >= 0.3 is 17.8 Å². The van der Waals surface area contributed by atoms with Crippen LogP contribution in [0.15, 0.2) is 39.7 Å². The van der Waals surface area contributed by atoms with Crippen LogP contribution < -0.4 is 4.80 Å². The number of rotatable bonds is 5. The molecular weight excluding hydrogens is 374 g/mol. The van der Waals surface area contributed by atoms with E-state index in [9.17, 15) is 19.7 Å². The molecule has 0 aliphatic carbocycles. The summed E-state index contributed by atoms with van der Waals surface area (Å²) in [5, 5.41) is 10.7. The van der Waals surface area contributed by atoms with Crippen LogP contribution in [0.3, 0.4) is 0 Å². The number of aromatic nitrogens is 1. The van der Waals surface area contributed by atoms with Gasteiger partial charge in [0.05, 0.1) is 23.4 Å². The van der Waals surface area contributed by atoms with E-state index in [1.807, 2.05) is 25.1 Å². The van der Waals surface area contributed by atoms with Crippen LogP contribution in [0.2, 0.25) is 0 Å². The van der Waals surface area contributed by atoms with Crippen LogP contribution in [0.25, 0.3) is 10.2 Å². The van der Waals surface area contributed by atoms with Crippen molar-refractivity contribution in [1.82, 2.24) is 4.57 Å². The Labute approximate surface area is 156 Å². The summed E-state index contributed by atoms with van der Waals surface area (Å²) in [6.45, 7) is 1.91. The molecule has 0 aliphatic heterocycles. The highest BCUT2D eigenvalue weighted by Gasteiger charge is 2.18. The fourth-order valence-corrected chi connectivity index (χ4v) is 3.54. The van der Waals surface area contributed by atoms with Crippen LogP contribution in [-0.4, -0.2) is 28.5 Å². The van der Waals surface area contributed by atoms with Gasteiger partial charge in [-0.05, 0) is 30.2 Å². The molecule has 0 spiro atoms. The van der Waals surface area contributed by atoms with Crippen LogP contribution >= 0.6 is 11.3 Å². The number of aryl methyl sites for hydroxylation is 1. The third kappa shape index (κ3) is 3.80. The van der Waals surface area contributed by atoms with Crippen molar-refractivity contribution >= 4 is 39.3 Å². The minimum absolute atomic E-state index is 0.119. The van der Waals surface area contributed by atoms with Crippen molar-refractivity contribution in [2.24, 2.45) is 4.99 Å². The number of esters is 1. The van der Waals surface area contributed by atoms with Crippen LogP contribution in [-0.2, 0) is 22.5 Å². The number of nitrogens with zero attached hydrogens (tertiary/aromatic N) is 3. The van der Waals surface area contributed by atoms with Crippen LogP contribution in [0.4, 0.5) is 5.88 Å². The van der Waals surface area contributed by atoms with Crippen LogP contribution in [0, 0.1) is 10.1 Å². The zero-order valence-electron chi connectivity index (χ0n) is 14.5. The molecule has 3 rings (SSSR count). The Kier molecular flexibility index (Phi) is 5.17. The van der Waals surface area contributed by atoms with Gasteiger partial charge in [-0.25, -0.2) is 0 Å². The number of fused-ring (bicyclic) bond motifs is 1. The van der Waals surface area contributed by atoms with Crippen molar-refractivity contribution in [3.05, 3.63) is 56.6 Å². The zero-order chi connectivity index (χ0) is 19.6. The molecule has 0 unspecified atom stereocenters. The summed E-state index contributed by atoms with van der Waals surface area (Å²) < 4.78 is 12.0. The molecule has 10 heteroatoms. The topological polar surface area (TPSA) is 117 Å². The highest BCUT2D eigenvalue weighted by Crippen LogP contribution is 2.20. The van der Waals surface area contributed by atoms with Gasteiger partial charge in [0, 0.05) is 0 Å². The first-order valence-corrected chi connectivity index (χ1v) is 8.77. The number of hydrogen-bond acceptors (Lipinski definition) is 7. The Balaban J connectivity index is 2.11. The van der Waals surface area contributed by atoms with Gasteiger partial charge < -0.3 is 13.7 Å². The van der Waals surface area contributed by atoms with Crippen molar-refractivity contribution in [3.8, 4) is 0 Å². The smallest absolute Gasteiger partial charge is 0.433 e. The Morgan fingerprint density at radius 3 is 2.74 bits per heavy atom. The monoisotopic (exact) mass is 389 g/mol. The van der Waals surface area contributed by atoms with Gasteiger partial charge in [-0.1, -0.05) is 24.3 Å². The average molecular weight is 389 g/mol. The Hall–Kier alpha value is -3.27. The van der Waals surface area contributed by atoms with Gasteiger partial charge in [0.2, 0.25) is 5.76 Å². The lowest BCUT2D eigenvalue weighted by molar-refractivity contribution is -0.402. The summed E-state index contributed by atoms with van der Waals surface area (Å²) in [6.07, 6.45) is 0.840. The van der Waals surface area contributed by atoms with Gasteiger partial charge in [0.1, 0.15) is 11.5 Å². The maximum absolute atomic E-state index is 12.4. The number of benzene rings is 1. The molecule has 1 amide bonds. The normalized spacial score (nSPS) is 11.7. The van der Waals surface area contributed by atoms with Crippen LogP contribution in [0.5, 0.6) is 0 Å². The lowest BCUT2D eigenvalue weighted by Crippen LogP contribution is -2.22. The van der Waals surface area contributed by atoms with Crippen molar-refractivity contribution in [1.29, 1.82) is 0 Å². The van der Waals surface area contributed by atoms with E-state index in [1.54, 1.807) is 4.57 Å². The van der Waals surface area contributed by atoms with Crippen molar-refractivity contribution in [2.75, 3.05) is 7.11 Å². The van der Waals surface area contributed by atoms with E-state index in [-0.39, 0.29) is 17.1 Å². The molecule has 0 N–H and O–H groups in total. The molecule has 0 aliphatic rings. The number of carbonyl (C=O) groups is 2. The van der Waals surface area contributed by atoms with E-state index >= 15 is 0 Å². The number of amides is 1. The van der Waals surface area contributed by atoms with Crippen LogP contribution in [0.1, 0.15) is 23.0 Å². The Morgan fingerprint density at radius 2 is 2.11 bits per heavy atom. The minimum Gasteiger partial charge on any atom is -0.468 e. The molecule has 2 aromatic heterocycles. The molecule has 27 heavy (non-hydrogen) atoms. The summed E-state index contributed by atoms with van der Waals surface area (Å²) >= 11 is 1.23. The molecule has 3 aromatic rings. The molecule has 0 fully saturated rings. The summed E-state index contributed by atoms with van der Waals surface area (Å²) in [4.78, 5) is 38.4. The molecule has 0 bridgehead atoms. The maximum atomic E-state index is 12.4. The highest BCUT2D eigenvalue weighted by atomic mass is 32.1. The van der Waals surface area contributed by atoms with Crippen molar-refractivity contribution in [2.45, 2.75) is 19.9 Å². The quantitative estimate of drug-likeness (QED) is 0.376. The van der Waals surface area contributed by atoms with Gasteiger partial charge in [0.25, 0.3) is 0 Å². The Morgan fingerprint density at radius 1 is 1.33 bits per heavy atom. The largest absolute Gasteiger partial charge is 0.468 e. The fraction of sp³-hybridized carbons (Fsp3) is 0.235. The maximum Gasteiger partial charge on any atom is 0.433 e. The van der Waals surface area contributed by atoms with E-state index in [0.717, 1.165) is 28.3 Å². The lowest BCUT2D eigenvalue weighted by atomic mass is 10.2. The van der Waals surface area contributed by atoms with Gasteiger partial charge in [0.15, 0.2) is 4.80 Å². The second-order valence-corrected chi connectivity index (χ2v) is 6.52. The number of thiazole rings is 1. The van der Waals surface area contributed by atoms with E-state index in [1.165, 1.54) is 24.5 Å². The summed E-state index contributed by atoms with van der Waals surface area (Å²) in [6, 6.07) is 8.04. The summed E-state index contributed by atoms with van der Waals surface area (Å²) in [7, 11) is 1.27. The third-order valence-corrected chi connectivity index (χ3v) is 4.89. The minimum atomic E-state index is -0.774. The van der Waals surface area contributed by atoms with Crippen molar-refractivity contribution < 1.29 is 23.7 Å². The summed E-state index contributed by atoms with van der Waals surface area (Å²) in [5.74, 6) is -2.06. The predicted octanol–water partition coefficient (Wildman–Crippen LogP) is 2.68. The zero-order valence-corrected chi connectivity index (χ0v) is 15.3. The number of ether oxygens (including phenoxy) is 1. The SMILES string of the molecule is CCc1ccc2c(c1)sc(=NC(=O)c1ccc([N+](=O)[O-])o1)n2CC(=O)OC. The molecule has 0 saturated carbocycles. The van der Waals surface area contributed by atoms with E-state index in [0.29, 0.717) is 0 Å². The standard InChI is InChI=1S/C17H15N3O6S/c1-3-10-4-5-11-13(8-10)27-17(19(11)9-15(21)25-2)18-16(22)12-6-7-14(26-12)20(23)24/h4-8H,3,9H2,1-2H3. The molecule has 9 nitrogen and oxygen atoms in total. The lowest BCUT2D eigenvalue weighted by Gasteiger charge is -2.04. The number of methoxy groups -OCH3 is 1. The molecular formula is C17H15N3O6S. The fourth-order valence-electron chi connectivity index (χ4n) is 2.45. The molecule has 0 radical (unpaired) electrons. The average Bonchev–Trinajstić information content (AvgIpc) is 3.27. The summed E-state index contributed by atoms with van der Waals surface area (Å²) in [5.41, 5.74) is 1.84. The second kappa shape index (κ2) is 7.54. The first kappa shape index (κ1) is 18.5. The van der Waals surface area contributed by atoms with Crippen molar-refractivity contribution in [3.63, 3.8) is 0 Å².